The highest BCUT2D eigenvalue weighted by atomic mass is 35.5. The number of benzene rings is 1. The number of ether oxygens (including phenoxy) is 2. The summed E-state index contributed by atoms with van der Waals surface area (Å²) in [5, 5.41) is -0.0756. The average Bonchev–Trinajstić information content (AvgIpc) is 2.51. The van der Waals surface area contributed by atoms with Crippen molar-refractivity contribution in [2.45, 2.75) is 39.5 Å². The summed E-state index contributed by atoms with van der Waals surface area (Å²) in [5.41, 5.74) is 1.34. The lowest BCUT2D eigenvalue weighted by Crippen LogP contribution is -2.30. The second kappa shape index (κ2) is 9.07. The molecule has 1 aromatic carbocycles. The molecule has 0 unspecified atom stereocenters. The smallest absolute Gasteiger partial charge is 0.431 e. The standard InChI is InChI=1S/C17H18ClF4NO4/c1-4-26-16(25)14(15(23)17(20,21)22)12(24)5-9-6-13(27-8(2)3)10(18)7-11(9)19/h6-8H,4-5,23H2,1-3H3/b15-14+. The van der Waals surface area contributed by atoms with Gasteiger partial charge in [0.25, 0.3) is 0 Å². The van der Waals surface area contributed by atoms with E-state index < -0.39 is 41.4 Å². The highest BCUT2D eigenvalue weighted by molar-refractivity contribution is 6.32. The van der Waals surface area contributed by atoms with E-state index in [1.54, 1.807) is 13.8 Å². The van der Waals surface area contributed by atoms with E-state index in [1.165, 1.54) is 6.92 Å². The molecule has 0 spiro atoms. The highest BCUT2D eigenvalue weighted by Crippen LogP contribution is 2.30. The van der Waals surface area contributed by atoms with Crippen molar-refractivity contribution in [2.24, 2.45) is 5.73 Å². The van der Waals surface area contributed by atoms with Gasteiger partial charge in [0.2, 0.25) is 0 Å². The predicted octanol–water partition coefficient (Wildman–Crippen LogP) is 3.72. The lowest BCUT2D eigenvalue weighted by molar-refractivity contribution is -0.141. The number of alkyl halides is 3. The van der Waals surface area contributed by atoms with Crippen molar-refractivity contribution in [2.75, 3.05) is 6.61 Å². The third kappa shape index (κ3) is 6.13. The molecule has 0 atom stereocenters. The lowest BCUT2D eigenvalue weighted by atomic mass is 10.0. The summed E-state index contributed by atoms with van der Waals surface area (Å²) in [4.78, 5) is 24.1. The molecule has 0 amide bonds. The van der Waals surface area contributed by atoms with Crippen LogP contribution in [0.2, 0.25) is 5.02 Å². The molecule has 1 aromatic rings. The van der Waals surface area contributed by atoms with Crippen LogP contribution >= 0.6 is 11.6 Å². The van der Waals surface area contributed by atoms with Crippen LogP contribution in [0.5, 0.6) is 5.75 Å². The van der Waals surface area contributed by atoms with Crippen LogP contribution in [0.25, 0.3) is 0 Å². The number of carbonyl (C=O) groups is 2. The van der Waals surface area contributed by atoms with Crippen molar-refractivity contribution in [3.8, 4) is 5.75 Å². The van der Waals surface area contributed by atoms with Gasteiger partial charge >= 0.3 is 12.1 Å². The van der Waals surface area contributed by atoms with E-state index in [4.69, 9.17) is 22.1 Å². The lowest BCUT2D eigenvalue weighted by Gasteiger charge is -2.15. The van der Waals surface area contributed by atoms with E-state index in [0.717, 1.165) is 12.1 Å². The molecule has 0 saturated carbocycles. The molecule has 0 aliphatic carbocycles. The number of allylic oxidation sites excluding steroid dienone is 1. The third-order valence-electron chi connectivity index (χ3n) is 3.15. The number of ketones is 1. The number of carbonyl (C=O) groups excluding carboxylic acids is 2. The molecule has 0 saturated heterocycles. The van der Waals surface area contributed by atoms with E-state index in [1.807, 2.05) is 0 Å². The normalized spacial score (nSPS) is 12.6. The summed E-state index contributed by atoms with van der Waals surface area (Å²) in [7, 11) is 0. The minimum absolute atomic E-state index is 0.0429. The van der Waals surface area contributed by atoms with Gasteiger partial charge in [-0.1, -0.05) is 11.6 Å². The molecule has 10 heteroatoms. The van der Waals surface area contributed by atoms with Crippen molar-refractivity contribution >= 4 is 23.4 Å². The molecule has 27 heavy (non-hydrogen) atoms. The van der Waals surface area contributed by atoms with Gasteiger partial charge in [0.1, 0.15) is 22.8 Å². The Kier molecular flexibility index (Phi) is 7.65. The van der Waals surface area contributed by atoms with Gasteiger partial charge in [-0.2, -0.15) is 13.2 Å². The maximum Gasteiger partial charge on any atom is 0.431 e. The quantitative estimate of drug-likeness (QED) is 0.243. The van der Waals surface area contributed by atoms with Crippen molar-refractivity contribution in [3.63, 3.8) is 0 Å². The molecule has 5 nitrogen and oxygen atoms in total. The fourth-order valence-electron chi connectivity index (χ4n) is 2.03. The largest absolute Gasteiger partial charge is 0.489 e. The van der Waals surface area contributed by atoms with Gasteiger partial charge in [-0.25, -0.2) is 9.18 Å². The van der Waals surface area contributed by atoms with Crippen LogP contribution in [0, 0.1) is 5.82 Å². The van der Waals surface area contributed by atoms with Crippen LogP contribution in [0.1, 0.15) is 26.3 Å². The summed E-state index contributed by atoms with van der Waals surface area (Å²) >= 11 is 5.84. The van der Waals surface area contributed by atoms with Crippen molar-refractivity contribution < 1.29 is 36.6 Å². The summed E-state index contributed by atoms with van der Waals surface area (Å²) in [6.45, 7) is 4.42. The van der Waals surface area contributed by atoms with Crippen molar-refractivity contribution in [1.29, 1.82) is 0 Å². The zero-order chi connectivity index (χ0) is 20.9. The first-order valence-corrected chi connectivity index (χ1v) is 8.18. The number of nitrogens with two attached hydrogens (primary N) is 1. The molecule has 1 rings (SSSR count). The van der Waals surface area contributed by atoms with Crippen molar-refractivity contribution in [3.05, 3.63) is 39.8 Å². The van der Waals surface area contributed by atoms with Gasteiger partial charge in [0.05, 0.1) is 17.7 Å². The van der Waals surface area contributed by atoms with E-state index in [2.05, 4.69) is 4.74 Å². The Labute approximate surface area is 158 Å². The number of halogens is 5. The van der Waals surface area contributed by atoms with E-state index in [0.29, 0.717) is 0 Å². The molecular weight excluding hydrogens is 394 g/mol. The van der Waals surface area contributed by atoms with Crippen LogP contribution in [0.4, 0.5) is 17.6 Å². The molecular formula is C17H18ClF4NO4. The molecule has 0 bridgehead atoms. The van der Waals surface area contributed by atoms with E-state index in [9.17, 15) is 27.2 Å². The fourth-order valence-corrected chi connectivity index (χ4v) is 2.23. The highest BCUT2D eigenvalue weighted by Gasteiger charge is 2.39. The van der Waals surface area contributed by atoms with Crippen LogP contribution in [0.15, 0.2) is 23.4 Å². The Morgan fingerprint density at radius 3 is 2.33 bits per heavy atom. The van der Waals surface area contributed by atoms with Crippen molar-refractivity contribution in [1.82, 2.24) is 0 Å². The molecule has 150 valence electrons. The molecule has 0 fully saturated rings. The SMILES string of the molecule is CCOC(=O)/C(C(=O)Cc1cc(OC(C)C)c(Cl)cc1F)=C(/N)C(F)(F)F. The van der Waals surface area contributed by atoms with Gasteiger partial charge < -0.3 is 15.2 Å². The monoisotopic (exact) mass is 411 g/mol. The zero-order valence-corrected chi connectivity index (χ0v) is 15.5. The number of hydrogen-bond acceptors (Lipinski definition) is 5. The zero-order valence-electron chi connectivity index (χ0n) is 14.7. The molecule has 0 aliphatic rings. The van der Waals surface area contributed by atoms with Crippen LogP contribution < -0.4 is 10.5 Å². The second-order valence-electron chi connectivity index (χ2n) is 5.65. The molecule has 0 radical (unpaired) electrons. The first-order valence-electron chi connectivity index (χ1n) is 7.80. The summed E-state index contributed by atoms with van der Waals surface area (Å²) < 4.78 is 62.6. The van der Waals surface area contributed by atoms with E-state index >= 15 is 0 Å². The molecule has 0 aliphatic heterocycles. The Morgan fingerprint density at radius 1 is 1.26 bits per heavy atom. The third-order valence-corrected chi connectivity index (χ3v) is 3.44. The van der Waals surface area contributed by atoms with Crippen LogP contribution in [-0.4, -0.2) is 30.6 Å². The Hall–Kier alpha value is -2.29. The first kappa shape index (κ1) is 22.8. The minimum atomic E-state index is -5.14. The topological polar surface area (TPSA) is 78.6 Å². The molecule has 0 heterocycles. The minimum Gasteiger partial charge on any atom is -0.489 e. The molecule has 2 N–H and O–H groups in total. The summed E-state index contributed by atoms with van der Waals surface area (Å²) in [5.74, 6) is -3.79. The van der Waals surface area contributed by atoms with Crippen LogP contribution in [0.3, 0.4) is 0 Å². The number of hydrogen-bond donors (Lipinski definition) is 1. The van der Waals surface area contributed by atoms with Gasteiger partial charge in [-0.3, -0.25) is 4.79 Å². The Morgan fingerprint density at radius 2 is 1.85 bits per heavy atom. The average molecular weight is 412 g/mol. The number of esters is 1. The predicted molar refractivity (Wildman–Crippen MR) is 89.8 cm³/mol. The maximum absolute atomic E-state index is 14.1. The van der Waals surface area contributed by atoms with Gasteiger partial charge in [-0.15, -0.1) is 0 Å². The second-order valence-corrected chi connectivity index (χ2v) is 6.05. The molecule has 0 aromatic heterocycles. The van der Waals surface area contributed by atoms with Gasteiger partial charge in [-0.05, 0) is 38.5 Å². The Balaban J connectivity index is 3.32. The number of rotatable bonds is 7. The van der Waals surface area contributed by atoms with Gasteiger partial charge in [0, 0.05) is 6.42 Å². The van der Waals surface area contributed by atoms with E-state index in [-0.39, 0.29) is 29.0 Å². The maximum atomic E-state index is 14.1. The number of Topliss-reactive ketones (excluding diaryl/α,β-unsaturated/α-hetero) is 1. The van der Waals surface area contributed by atoms with Gasteiger partial charge in [0.15, 0.2) is 5.78 Å². The summed E-state index contributed by atoms with van der Waals surface area (Å²) in [6.07, 6.45) is -6.34. The fraction of sp³-hybridized carbons (Fsp3) is 0.412. The van der Waals surface area contributed by atoms with Crippen LogP contribution in [-0.2, 0) is 20.7 Å². The Bertz CT molecular complexity index is 760. The summed E-state index contributed by atoms with van der Waals surface area (Å²) in [6, 6.07) is 1.95. The first-order chi connectivity index (χ1) is 12.4.